The summed E-state index contributed by atoms with van der Waals surface area (Å²) in [5.74, 6) is -0.408. The zero-order valence-corrected chi connectivity index (χ0v) is 10.4. The van der Waals surface area contributed by atoms with E-state index in [9.17, 15) is 9.18 Å². The summed E-state index contributed by atoms with van der Waals surface area (Å²) < 4.78 is 17.7. The van der Waals surface area contributed by atoms with E-state index < -0.39 is 12.6 Å². The molecular weight excluding hydrogens is 267 g/mol. The molecule has 4 nitrogen and oxygen atoms in total. The van der Waals surface area contributed by atoms with Gasteiger partial charge in [0.15, 0.2) is 4.47 Å². The van der Waals surface area contributed by atoms with Crippen LogP contribution >= 0.6 is 22.9 Å². The summed E-state index contributed by atoms with van der Waals surface area (Å²) in [6.45, 7) is 0.281. The van der Waals surface area contributed by atoms with Gasteiger partial charge in [-0.15, -0.1) is 11.3 Å². The molecule has 1 aromatic rings. The van der Waals surface area contributed by atoms with Gasteiger partial charge >= 0.3 is 5.97 Å². The van der Waals surface area contributed by atoms with Gasteiger partial charge in [-0.3, -0.25) is 0 Å². The van der Waals surface area contributed by atoms with Gasteiger partial charge in [-0.05, 0) is 6.08 Å². The van der Waals surface area contributed by atoms with Crippen molar-refractivity contribution in [3.8, 4) is 0 Å². The van der Waals surface area contributed by atoms with Crippen LogP contribution in [0.2, 0.25) is 4.47 Å². The molecule has 0 atom stereocenters. The lowest BCUT2D eigenvalue weighted by Gasteiger charge is -2.21. The van der Waals surface area contributed by atoms with Gasteiger partial charge in [0.2, 0.25) is 0 Å². The van der Waals surface area contributed by atoms with Crippen molar-refractivity contribution in [2.24, 2.45) is 0 Å². The van der Waals surface area contributed by atoms with E-state index in [0.717, 1.165) is 4.88 Å². The first-order valence-electron chi connectivity index (χ1n) is 4.99. The highest BCUT2D eigenvalue weighted by Gasteiger charge is 2.23. The van der Waals surface area contributed by atoms with Crippen molar-refractivity contribution in [2.75, 3.05) is 19.8 Å². The van der Waals surface area contributed by atoms with E-state index in [4.69, 9.17) is 16.3 Å². The number of rotatable bonds is 5. The Hall–Kier alpha value is -1.14. The van der Waals surface area contributed by atoms with Crippen molar-refractivity contribution < 1.29 is 13.9 Å². The van der Waals surface area contributed by atoms with Gasteiger partial charge in [-0.25, -0.2) is 14.2 Å². The number of hydrogen-bond acceptors (Lipinski definition) is 5. The van der Waals surface area contributed by atoms with Crippen LogP contribution in [0.1, 0.15) is 4.88 Å². The molecule has 1 aliphatic rings. The van der Waals surface area contributed by atoms with Crippen LogP contribution in [-0.4, -0.2) is 35.7 Å². The summed E-state index contributed by atoms with van der Waals surface area (Å²) >= 11 is 7.03. The molecule has 17 heavy (non-hydrogen) atoms. The molecular formula is C10H10ClFN2O2S. The molecule has 1 aliphatic heterocycles. The molecule has 0 aromatic carbocycles. The highest BCUT2D eigenvalue weighted by atomic mass is 35.5. The van der Waals surface area contributed by atoms with Crippen molar-refractivity contribution in [2.45, 2.75) is 6.54 Å². The van der Waals surface area contributed by atoms with E-state index in [2.05, 4.69) is 4.98 Å². The molecule has 0 N–H and O–H groups in total. The third-order valence-electron chi connectivity index (χ3n) is 2.27. The van der Waals surface area contributed by atoms with E-state index in [1.54, 1.807) is 17.2 Å². The summed E-state index contributed by atoms with van der Waals surface area (Å²) in [4.78, 5) is 17.8. The Morgan fingerprint density at radius 2 is 2.47 bits per heavy atom. The second kappa shape index (κ2) is 5.46. The Kier molecular flexibility index (Phi) is 3.96. The molecule has 0 saturated heterocycles. The zero-order valence-electron chi connectivity index (χ0n) is 8.86. The number of aromatic nitrogens is 1. The molecule has 2 heterocycles. The second-order valence-corrected chi connectivity index (χ2v) is 5.08. The summed E-state index contributed by atoms with van der Waals surface area (Å²) in [6.07, 6.45) is 3.28. The maximum Gasteiger partial charge on any atom is 0.354 e. The number of nitrogens with zero attached hydrogens (tertiary/aromatic N) is 2. The SMILES string of the molecule is O=C1OCC=C1N(CCF)Cc1cnc(Cl)s1. The highest BCUT2D eigenvalue weighted by Crippen LogP contribution is 2.22. The topological polar surface area (TPSA) is 42.4 Å². The first-order valence-corrected chi connectivity index (χ1v) is 6.18. The fourth-order valence-electron chi connectivity index (χ4n) is 1.54. The maximum atomic E-state index is 12.5. The summed E-state index contributed by atoms with van der Waals surface area (Å²) in [5, 5.41) is 0. The monoisotopic (exact) mass is 276 g/mol. The minimum Gasteiger partial charge on any atom is -0.457 e. The average Bonchev–Trinajstić information content (AvgIpc) is 2.87. The number of carbonyl (C=O) groups is 1. The van der Waals surface area contributed by atoms with Crippen LogP contribution < -0.4 is 0 Å². The van der Waals surface area contributed by atoms with Crippen molar-refractivity contribution in [1.29, 1.82) is 0 Å². The molecule has 0 spiro atoms. The van der Waals surface area contributed by atoms with Crippen LogP contribution in [0.25, 0.3) is 0 Å². The maximum absolute atomic E-state index is 12.5. The molecule has 0 amide bonds. The number of halogens is 2. The number of ether oxygens (including phenoxy) is 1. The van der Waals surface area contributed by atoms with Crippen LogP contribution in [0.5, 0.6) is 0 Å². The molecule has 0 radical (unpaired) electrons. The molecule has 92 valence electrons. The second-order valence-electron chi connectivity index (χ2n) is 3.38. The largest absolute Gasteiger partial charge is 0.457 e. The third kappa shape index (κ3) is 2.95. The van der Waals surface area contributed by atoms with E-state index >= 15 is 0 Å². The minimum absolute atomic E-state index is 0.149. The van der Waals surface area contributed by atoms with Crippen molar-refractivity contribution in [1.82, 2.24) is 9.88 Å². The number of carbonyl (C=O) groups excluding carboxylic acids is 1. The van der Waals surface area contributed by atoms with Gasteiger partial charge in [0.1, 0.15) is 19.0 Å². The molecule has 1 aromatic heterocycles. The molecule has 0 unspecified atom stereocenters. The number of hydrogen-bond donors (Lipinski definition) is 0. The smallest absolute Gasteiger partial charge is 0.354 e. The third-order valence-corrected chi connectivity index (χ3v) is 3.37. The van der Waals surface area contributed by atoms with Gasteiger partial charge < -0.3 is 9.64 Å². The molecule has 0 fully saturated rings. The fraction of sp³-hybridized carbons (Fsp3) is 0.400. The van der Waals surface area contributed by atoms with Gasteiger partial charge in [0, 0.05) is 17.6 Å². The normalized spacial score (nSPS) is 14.7. The van der Waals surface area contributed by atoms with Crippen LogP contribution in [-0.2, 0) is 16.1 Å². The van der Waals surface area contributed by atoms with E-state index in [1.807, 2.05) is 0 Å². The van der Waals surface area contributed by atoms with Gasteiger partial charge in [-0.1, -0.05) is 11.6 Å². The quantitative estimate of drug-likeness (QED) is 0.772. The summed E-state index contributed by atoms with van der Waals surface area (Å²) in [5.41, 5.74) is 0.409. The molecule has 7 heteroatoms. The molecule has 2 rings (SSSR count). The average molecular weight is 277 g/mol. The minimum atomic E-state index is -0.531. The molecule has 0 bridgehead atoms. The molecule has 0 saturated carbocycles. The van der Waals surface area contributed by atoms with Gasteiger partial charge in [-0.2, -0.15) is 0 Å². The molecule has 0 aliphatic carbocycles. The van der Waals surface area contributed by atoms with Crippen molar-refractivity contribution >= 4 is 28.9 Å². The van der Waals surface area contributed by atoms with Gasteiger partial charge in [0.25, 0.3) is 0 Å². The Morgan fingerprint density at radius 3 is 3.00 bits per heavy atom. The first-order chi connectivity index (χ1) is 8.20. The van der Waals surface area contributed by atoms with E-state index in [0.29, 0.717) is 16.7 Å². The lowest BCUT2D eigenvalue weighted by molar-refractivity contribution is -0.137. The van der Waals surface area contributed by atoms with E-state index in [1.165, 1.54) is 11.3 Å². The summed E-state index contributed by atoms with van der Waals surface area (Å²) in [6, 6.07) is 0. The number of esters is 1. The predicted molar refractivity (Wildman–Crippen MR) is 62.6 cm³/mol. The van der Waals surface area contributed by atoms with Crippen LogP contribution in [0.4, 0.5) is 4.39 Å². The van der Waals surface area contributed by atoms with Crippen molar-refractivity contribution in [3.05, 3.63) is 27.3 Å². The Bertz CT molecular complexity index is 449. The standard InChI is InChI=1S/C10H10ClFN2O2S/c11-10-13-5-7(17-10)6-14(3-2-12)8-1-4-16-9(8)15/h1,5H,2-4,6H2. The Labute approximate surface area is 107 Å². The number of cyclic esters (lactones) is 1. The fourth-order valence-corrected chi connectivity index (χ4v) is 2.54. The number of alkyl halides is 1. The Morgan fingerprint density at radius 1 is 1.65 bits per heavy atom. The van der Waals surface area contributed by atoms with Crippen LogP contribution in [0.15, 0.2) is 18.0 Å². The number of thiazole rings is 1. The zero-order chi connectivity index (χ0) is 12.3. The van der Waals surface area contributed by atoms with E-state index in [-0.39, 0.29) is 13.2 Å². The first kappa shape index (κ1) is 12.3. The van der Waals surface area contributed by atoms with Gasteiger partial charge in [0.05, 0.1) is 6.54 Å². The lowest BCUT2D eigenvalue weighted by atomic mass is 10.3. The van der Waals surface area contributed by atoms with Crippen LogP contribution in [0.3, 0.4) is 0 Å². The summed E-state index contributed by atoms with van der Waals surface area (Å²) in [7, 11) is 0. The van der Waals surface area contributed by atoms with Crippen LogP contribution in [0, 0.1) is 0 Å². The highest BCUT2D eigenvalue weighted by molar-refractivity contribution is 7.15. The Balaban J connectivity index is 2.09. The lowest BCUT2D eigenvalue weighted by Crippen LogP contribution is -2.27. The predicted octanol–water partition coefficient (Wildman–Crippen LogP) is 2.01. The van der Waals surface area contributed by atoms with Crippen molar-refractivity contribution in [3.63, 3.8) is 0 Å².